The fraction of sp³-hybridized carbons (Fsp3) is 0.531. The van der Waals surface area contributed by atoms with Gasteiger partial charge in [-0.3, -0.25) is 19.3 Å². The van der Waals surface area contributed by atoms with Crippen molar-refractivity contribution in [3.05, 3.63) is 45.6 Å². The third-order valence-corrected chi connectivity index (χ3v) is 8.25. The molecule has 2 aromatic rings. The van der Waals surface area contributed by atoms with Crippen LogP contribution >= 0.6 is 0 Å². The average Bonchev–Trinajstić information content (AvgIpc) is 3.32. The number of carbonyl (C=O) groups excluding carboxylic acids is 2. The molecule has 2 aliphatic rings. The van der Waals surface area contributed by atoms with Gasteiger partial charge in [0.25, 0.3) is 0 Å². The van der Waals surface area contributed by atoms with Crippen LogP contribution in [0.5, 0.6) is 17.2 Å². The van der Waals surface area contributed by atoms with E-state index < -0.39 is 0 Å². The Morgan fingerprint density at radius 3 is 2.52 bits per heavy atom. The van der Waals surface area contributed by atoms with Crippen molar-refractivity contribution in [1.82, 2.24) is 15.5 Å². The summed E-state index contributed by atoms with van der Waals surface area (Å²) < 4.78 is 17.1. The Balaban J connectivity index is 1.56. The summed E-state index contributed by atoms with van der Waals surface area (Å²) in [5, 5.41) is 9.32. The normalized spacial score (nSPS) is 17.8. The van der Waals surface area contributed by atoms with Gasteiger partial charge in [-0.05, 0) is 80.1 Å². The molecule has 4 rings (SSSR count). The predicted octanol–water partition coefficient (Wildman–Crippen LogP) is 3.66. The maximum Gasteiger partial charge on any atom is 0.220 e. The molecule has 1 aliphatic carbocycles. The highest BCUT2D eigenvalue weighted by atomic mass is 16.5. The fourth-order valence-electron chi connectivity index (χ4n) is 6.19. The first-order chi connectivity index (χ1) is 20.3. The van der Waals surface area contributed by atoms with Crippen molar-refractivity contribution < 1.29 is 23.8 Å². The number of amides is 2. The molecule has 10 nitrogen and oxygen atoms in total. The molecular formula is C32H44N4O6. The number of nitrogens with zero attached hydrogens (tertiary/aromatic N) is 1. The van der Waals surface area contributed by atoms with E-state index in [1.807, 2.05) is 12.1 Å². The largest absolute Gasteiger partial charge is 0.493 e. The van der Waals surface area contributed by atoms with Crippen molar-refractivity contribution in [2.75, 3.05) is 52.8 Å². The molecule has 0 saturated carbocycles. The first-order valence-corrected chi connectivity index (χ1v) is 14.8. The molecule has 42 heavy (non-hydrogen) atoms. The fourth-order valence-corrected chi connectivity index (χ4v) is 6.19. The summed E-state index contributed by atoms with van der Waals surface area (Å²) in [6.45, 7) is 6.89. The molecule has 3 N–H and O–H groups in total. The van der Waals surface area contributed by atoms with Crippen LogP contribution in [0.1, 0.15) is 63.1 Å². The van der Waals surface area contributed by atoms with E-state index in [9.17, 15) is 14.4 Å². The van der Waals surface area contributed by atoms with E-state index in [0.29, 0.717) is 73.3 Å². The Kier molecular flexibility index (Phi) is 10.7. The zero-order valence-corrected chi connectivity index (χ0v) is 25.4. The molecule has 0 bridgehead atoms. The highest BCUT2D eigenvalue weighted by Crippen LogP contribution is 2.50. The molecule has 1 fully saturated rings. The first kappa shape index (κ1) is 31.2. The Morgan fingerprint density at radius 1 is 1.05 bits per heavy atom. The van der Waals surface area contributed by atoms with E-state index in [4.69, 9.17) is 14.2 Å². The van der Waals surface area contributed by atoms with Crippen molar-refractivity contribution >= 4 is 17.5 Å². The van der Waals surface area contributed by atoms with Crippen LogP contribution in [-0.2, 0) is 16.0 Å². The third kappa shape index (κ3) is 6.98. The van der Waals surface area contributed by atoms with E-state index in [2.05, 4.69) is 27.8 Å². The van der Waals surface area contributed by atoms with Crippen molar-refractivity contribution in [3.8, 4) is 28.4 Å². The summed E-state index contributed by atoms with van der Waals surface area (Å²) in [5.41, 5.74) is 3.49. The molecule has 1 saturated heterocycles. The van der Waals surface area contributed by atoms with Crippen molar-refractivity contribution in [2.24, 2.45) is 0 Å². The quantitative estimate of drug-likeness (QED) is 0.326. The summed E-state index contributed by atoms with van der Waals surface area (Å²) >= 11 is 0. The molecule has 1 aliphatic heterocycles. The Morgan fingerprint density at radius 2 is 1.83 bits per heavy atom. The molecular weight excluding hydrogens is 536 g/mol. The van der Waals surface area contributed by atoms with Crippen LogP contribution in [0.25, 0.3) is 11.1 Å². The second-order valence-corrected chi connectivity index (χ2v) is 10.9. The lowest BCUT2D eigenvalue weighted by Crippen LogP contribution is -2.40. The van der Waals surface area contributed by atoms with E-state index in [1.54, 1.807) is 33.5 Å². The van der Waals surface area contributed by atoms with Gasteiger partial charge in [0.2, 0.25) is 23.0 Å². The van der Waals surface area contributed by atoms with Gasteiger partial charge in [0.05, 0.1) is 33.1 Å². The number of fused-ring (bicyclic) bond motifs is 3. The second-order valence-electron chi connectivity index (χ2n) is 10.9. The molecule has 2 atom stereocenters. The van der Waals surface area contributed by atoms with Gasteiger partial charge in [0.1, 0.15) is 0 Å². The monoisotopic (exact) mass is 580 g/mol. The van der Waals surface area contributed by atoms with Crippen molar-refractivity contribution in [1.29, 1.82) is 0 Å². The third-order valence-electron chi connectivity index (χ3n) is 8.25. The molecule has 1 heterocycles. The molecule has 1 unspecified atom stereocenters. The second kappa shape index (κ2) is 14.4. The highest BCUT2D eigenvalue weighted by molar-refractivity contribution is 5.83. The van der Waals surface area contributed by atoms with E-state index >= 15 is 0 Å². The number of hydrogen-bond donors (Lipinski definition) is 3. The maximum atomic E-state index is 13.4. The SMILES string of the molecule is CCN1CCCC1CNC(=O)CCCNc1ccc2c(cc1=O)[C@@H](NC(C)=O)CCc1cc(OC)c(OC)c(OC)c1-2. The zero-order valence-electron chi connectivity index (χ0n) is 25.4. The zero-order chi connectivity index (χ0) is 30.2. The van der Waals surface area contributed by atoms with Crippen molar-refractivity contribution in [3.63, 3.8) is 0 Å². The topological polar surface area (TPSA) is 118 Å². The lowest BCUT2D eigenvalue weighted by molar-refractivity contribution is -0.121. The van der Waals surface area contributed by atoms with Gasteiger partial charge in [-0.2, -0.15) is 0 Å². The minimum atomic E-state index is -0.369. The van der Waals surface area contributed by atoms with Crippen LogP contribution in [0.15, 0.2) is 29.1 Å². The summed E-state index contributed by atoms with van der Waals surface area (Å²) in [5.74, 6) is 1.37. The average molecular weight is 581 g/mol. The standard InChI is InChI=1S/C32H44N4O6/c1-6-36-16-8-9-22(36)19-34-29(39)10-7-15-33-26-14-12-23-24(18-27(26)38)25(35-20(2)37)13-11-21-17-28(40-3)31(41-4)32(42-5)30(21)23/h12,14,17-18,22,25H,6-11,13,15-16,19H2,1-5H3,(H,33,38)(H,34,39)(H,35,37)/t22?,25-/m0/s1. The van der Waals surface area contributed by atoms with Gasteiger partial charge < -0.3 is 30.2 Å². The number of benzene rings is 1. The molecule has 0 spiro atoms. The number of carbonyl (C=O) groups is 2. The van der Waals surface area contributed by atoms with E-state index in [0.717, 1.165) is 36.2 Å². The molecule has 0 aromatic heterocycles. The van der Waals surface area contributed by atoms with Crippen LogP contribution in [0, 0.1) is 0 Å². The van der Waals surface area contributed by atoms with Crippen LogP contribution in [0.3, 0.4) is 0 Å². The number of hydrogen-bond acceptors (Lipinski definition) is 8. The number of nitrogens with one attached hydrogen (secondary N) is 3. The molecule has 2 aromatic carbocycles. The van der Waals surface area contributed by atoms with Gasteiger partial charge >= 0.3 is 0 Å². The number of ether oxygens (including phenoxy) is 3. The Labute approximate surface area is 248 Å². The van der Waals surface area contributed by atoms with Gasteiger partial charge in [0.15, 0.2) is 11.5 Å². The number of likely N-dealkylation sites (N-methyl/N-ethyl adjacent to an activating group) is 1. The lowest BCUT2D eigenvalue weighted by atomic mass is 9.95. The highest BCUT2D eigenvalue weighted by Gasteiger charge is 2.29. The first-order valence-electron chi connectivity index (χ1n) is 14.8. The van der Waals surface area contributed by atoms with Gasteiger partial charge in [-0.1, -0.05) is 13.0 Å². The molecule has 228 valence electrons. The van der Waals surface area contributed by atoms with Gasteiger partial charge in [-0.15, -0.1) is 0 Å². The predicted molar refractivity (Wildman–Crippen MR) is 164 cm³/mol. The van der Waals surface area contributed by atoms with E-state index in [-0.39, 0.29) is 23.3 Å². The van der Waals surface area contributed by atoms with Gasteiger partial charge in [0, 0.05) is 38.0 Å². The smallest absolute Gasteiger partial charge is 0.220 e. The number of aryl methyl sites for hydroxylation is 1. The Hall–Kier alpha value is -3.79. The minimum Gasteiger partial charge on any atom is -0.493 e. The van der Waals surface area contributed by atoms with Gasteiger partial charge in [-0.25, -0.2) is 0 Å². The number of anilines is 1. The summed E-state index contributed by atoms with van der Waals surface area (Å²) in [6, 6.07) is 7.23. The summed E-state index contributed by atoms with van der Waals surface area (Å²) in [7, 11) is 4.71. The molecule has 10 heteroatoms. The minimum absolute atomic E-state index is 0.0265. The van der Waals surface area contributed by atoms with E-state index in [1.165, 1.54) is 13.3 Å². The number of methoxy groups -OCH3 is 3. The molecule has 0 radical (unpaired) electrons. The lowest BCUT2D eigenvalue weighted by Gasteiger charge is -2.22. The van der Waals surface area contributed by atoms with Crippen LogP contribution in [0.4, 0.5) is 5.69 Å². The summed E-state index contributed by atoms with van der Waals surface area (Å²) in [6.07, 6.45) is 4.50. The van der Waals surface area contributed by atoms with Crippen LogP contribution in [0.2, 0.25) is 0 Å². The van der Waals surface area contributed by atoms with Crippen LogP contribution in [-0.4, -0.2) is 70.3 Å². The maximum absolute atomic E-state index is 13.4. The van der Waals surface area contributed by atoms with Crippen LogP contribution < -0.4 is 35.6 Å². The number of rotatable bonds is 12. The summed E-state index contributed by atoms with van der Waals surface area (Å²) in [4.78, 5) is 40.4. The van der Waals surface area contributed by atoms with Crippen molar-refractivity contribution in [2.45, 2.75) is 64.5 Å². The number of likely N-dealkylation sites (tertiary alicyclic amines) is 1. The molecule has 2 amide bonds. The Bertz CT molecular complexity index is 1350.